The van der Waals surface area contributed by atoms with Crippen LogP contribution in [0.2, 0.25) is 0 Å². The maximum atomic E-state index is 13.5. The largest absolute Gasteiger partial charge is 0.467 e. The van der Waals surface area contributed by atoms with Gasteiger partial charge in [0.2, 0.25) is 0 Å². The second-order valence-corrected chi connectivity index (χ2v) is 5.45. The lowest BCUT2D eigenvalue weighted by Crippen LogP contribution is -2.30. The fourth-order valence-corrected chi connectivity index (χ4v) is 2.05. The summed E-state index contributed by atoms with van der Waals surface area (Å²) in [6.07, 6.45) is 1.50. The van der Waals surface area contributed by atoms with Gasteiger partial charge in [0.05, 0.1) is 18.4 Å². The highest BCUT2D eigenvalue weighted by Crippen LogP contribution is 2.16. The van der Waals surface area contributed by atoms with E-state index in [0.717, 1.165) is 6.07 Å². The lowest BCUT2D eigenvalue weighted by molar-refractivity contribution is -0.134. The molecule has 0 saturated carbocycles. The van der Waals surface area contributed by atoms with Crippen molar-refractivity contribution in [2.24, 2.45) is 0 Å². The lowest BCUT2D eigenvalue weighted by atomic mass is 10.2. The zero-order chi connectivity index (χ0) is 16.1. The van der Waals surface area contributed by atoms with Gasteiger partial charge in [-0.25, -0.2) is 9.18 Å². The second-order valence-electron chi connectivity index (χ2n) is 4.53. The number of esters is 1. The van der Waals surface area contributed by atoms with Gasteiger partial charge in [-0.2, -0.15) is 0 Å². The maximum absolute atomic E-state index is 13.5. The number of carbonyl (C=O) groups is 2. The summed E-state index contributed by atoms with van der Waals surface area (Å²) in [6, 6.07) is 7.35. The number of ether oxygens (including phenoxy) is 1. The molecule has 0 aliphatic heterocycles. The van der Waals surface area contributed by atoms with Gasteiger partial charge in [0.1, 0.15) is 11.6 Å². The molecule has 2 aromatic rings. The Bertz CT molecular complexity index is 672. The number of furan rings is 1. The first-order valence-electron chi connectivity index (χ1n) is 6.36. The van der Waals surface area contributed by atoms with Gasteiger partial charge in [-0.15, -0.1) is 0 Å². The van der Waals surface area contributed by atoms with Gasteiger partial charge in [-0.3, -0.25) is 4.79 Å². The molecule has 1 heterocycles. The Morgan fingerprint density at radius 2 is 2.14 bits per heavy atom. The van der Waals surface area contributed by atoms with E-state index in [2.05, 4.69) is 15.9 Å². The topological polar surface area (TPSA) is 59.8 Å². The standard InChI is InChI=1S/C15H13BrFNO4/c1-18(8-11-3-2-6-21-11)14(19)9-22-15(20)12-7-10(16)4-5-13(12)17/h2-7H,8-9H2,1H3. The molecule has 0 radical (unpaired) electrons. The molecule has 22 heavy (non-hydrogen) atoms. The van der Waals surface area contributed by atoms with E-state index in [1.54, 1.807) is 19.2 Å². The van der Waals surface area contributed by atoms with Gasteiger partial charge in [0, 0.05) is 11.5 Å². The van der Waals surface area contributed by atoms with Crippen molar-refractivity contribution in [3.05, 3.63) is 58.2 Å². The van der Waals surface area contributed by atoms with E-state index in [1.165, 1.54) is 23.3 Å². The van der Waals surface area contributed by atoms with Crippen LogP contribution in [-0.4, -0.2) is 30.4 Å². The third kappa shape index (κ3) is 4.17. The van der Waals surface area contributed by atoms with Crippen LogP contribution in [0, 0.1) is 5.82 Å². The molecule has 1 amide bonds. The molecule has 0 saturated heterocycles. The number of rotatable bonds is 5. The molecule has 2 rings (SSSR count). The Labute approximate surface area is 134 Å². The summed E-state index contributed by atoms with van der Waals surface area (Å²) >= 11 is 3.14. The number of halogens is 2. The first-order valence-corrected chi connectivity index (χ1v) is 7.15. The van der Waals surface area contributed by atoms with Crippen LogP contribution in [-0.2, 0) is 16.1 Å². The number of likely N-dealkylation sites (N-methyl/N-ethyl adjacent to an activating group) is 1. The molecule has 0 aliphatic carbocycles. The van der Waals surface area contributed by atoms with Crippen molar-refractivity contribution < 1.29 is 23.1 Å². The van der Waals surface area contributed by atoms with E-state index in [0.29, 0.717) is 10.2 Å². The normalized spacial score (nSPS) is 10.3. The summed E-state index contributed by atoms with van der Waals surface area (Å²) in [7, 11) is 1.55. The van der Waals surface area contributed by atoms with Crippen molar-refractivity contribution in [2.45, 2.75) is 6.54 Å². The van der Waals surface area contributed by atoms with Crippen LogP contribution in [0.15, 0.2) is 45.5 Å². The van der Waals surface area contributed by atoms with Crippen molar-refractivity contribution in [2.75, 3.05) is 13.7 Å². The van der Waals surface area contributed by atoms with Crippen LogP contribution in [0.1, 0.15) is 16.1 Å². The van der Waals surface area contributed by atoms with Crippen molar-refractivity contribution in [1.82, 2.24) is 4.90 Å². The van der Waals surface area contributed by atoms with Gasteiger partial charge in [-0.05, 0) is 30.3 Å². The summed E-state index contributed by atoms with van der Waals surface area (Å²) in [6.45, 7) is -0.212. The highest BCUT2D eigenvalue weighted by Gasteiger charge is 2.17. The van der Waals surface area contributed by atoms with Gasteiger partial charge in [0.25, 0.3) is 5.91 Å². The molecular formula is C15H13BrFNO4. The molecule has 0 unspecified atom stereocenters. The molecule has 0 atom stereocenters. The smallest absolute Gasteiger partial charge is 0.341 e. The first kappa shape index (κ1) is 16.2. The van der Waals surface area contributed by atoms with Crippen molar-refractivity contribution in [3.63, 3.8) is 0 Å². The minimum atomic E-state index is -0.890. The van der Waals surface area contributed by atoms with Gasteiger partial charge >= 0.3 is 5.97 Å². The third-order valence-corrected chi connectivity index (χ3v) is 3.37. The molecule has 7 heteroatoms. The molecule has 0 aliphatic rings. The summed E-state index contributed by atoms with van der Waals surface area (Å²) in [5.74, 6) is -1.40. The fourth-order valence-electron chi connectivity index (χ4n) is 1.69. The quantitative estimate of drug-likeness (QED) is 0.760. The number of nitrogens with zero attached hydrogens (tertiary/aromatic N) is 1. The zero-order valence-electron chi connectivity index (χ0n) is 11.7. The van der Waals surface area contributed by atoms with Gasteiger partial charge < -0.3 is 14.1 Å². The molecule has 1 aromatic heterocycles. The van der Waals surface area contributed by atoms with Crippen LogP contribution in [0.25, 0.3) is 0 Å². The van der Waals surface area contributed by atoms with Crippen molar-refractivity contribution in [3.8, 4) is 0 Å². The summed E-state index contributed by atoms with van der Waals surface area (Å²) in [4.78, 5) is 25.0. The SMILES string of the molecule is CN(Cc1ccco1)C(=O)COC(=O)c1cc(Br)ccc1F. The predicted octanol–water partition coefficient (Wildman–Crippen LogP) is 3.00. The lowest BCUT2D eigenvalue weighted by Gasteiger charge is -2.15. The Morgan fingerprint density at radius 3 is 2.82 bits per heavy atom. The second kappa shape index (κ2) is 7.22. The fraction of sp³-hybridized carbons (Fsp3) is 0.200. The van der Waals surface area contributed by atoms with Crippen LogP contribution in [0.4, 0.5) is 4.39 Å². The molecule has 0 N–H and O–H groups in total. The molecule has 0 bridgehead atoms. The number of carbonyl (C=O) groups excluding carboxylic acids is 2. The summed E-state index contributed by atoms with van der Waals surface area (Å²) < 4.78 is 24.0. The average molecular weight is 370 g/mol. The van der Waals surface area contributed by atoms with E-state index < -0.39 is 24.3 Å². The number of amides is 1. The maximum Gasteiger partial charge on any atom is 0.341 e. The highest BCUT2D eigenvalue weighted by atomic mass is 79.9. The van der Waals surface area contributed by atoms with E-state index in [4.69, 9.17) is 9.15 Å². The minimum absolute atomic E-state index is 0.226. The van der Waals surface area contributed by atoms with Gasteiger partial charge in [0.15, 0.2) is 6.61 Å². The van der Waals surface area contributed by atoms with Gasteiger partial charge in [-0.1, -0.05) is 15.9 Å². The monoisotopic (exact) mass is 369 g/mol. The van der Waals surface area contributed by atoms with E-state index >= 15 is 0 Å². The third-order valence-electron chi connectivity index (χ3n) is 2.87. The Morgan fingerprint density at radius 1 is 1.36 bits per heavy atom. The molecule has 0 spiro atoms. The summed E-state index contributed by atoms with van der Waals surface area (Å²) in [5, 5.41) is 0. The number of hydrogen-bond acceptors (Lipinski definition) is 4. The highest BCUT2D eigenvalue weighted by molar-refractivity contribution is 9.10. The molecular weight excluding hydrogens is 357 g/mol. The van der Waals surface area contributed by atoms with Crippen LogP contribution >= 0.6 is 15.9 Å². The van der Waals surface area contributed by atoms with Crippen LogP contribution in [0.3, 0.4) is 0 Å². The average Bonchev–Trinajstić information content (AvgIpc) is 2.99. The van der Waals surface area contributed by atoms with E-state index in [9.17, 15) is 14.0 Å². The Hall–Kier alpha value is -2.15. The van der Waals surface area contributed by atoms with Crippen molar-refractivity contribution in [1.29, 1.82) is 0 Å². The Balaban J connectivity index is 1.90. The molecule has 1 aromatic carbocycles. The molecule has 5 nitrogen and oxygen atoms in total. The van der Waals surface area contributed by atoms with Crippen LogP contribution < -0.4 is 0 Å². The minimum Gasteiger partial charge on any atom is -0.467 e. The summed E-state index contributed by atoms with van der Waals surface area (Å²) in [5.41, 5.74) is -0.226. The zero-order valence-corrected chi connectivity index (χ0v) is 13.3. The molecule has 0 fully saturated rings. The first-order chi connectivity index (χ1) is 10.5. The molecule has 116 valence electrons. The van der Waals surface area contributed by atoms with Crippen LogP contribution in [0.5, 0.6) is 0 Å². The Kier molecular flexibility index (Phi) is 5.32. The van der Waals surface area contributed by atoms with E-state index in [1.807, 2.05) is 0 Å². The van der Waals surface area contributed by atoms with E-state index in [-0.39, 0.29) is 12.1 Å². The number of hydrogen-bond donors (Lipinski definition) is 0. The number of benzene rings is 1. The predicted molar refractivity (Wildman–Crippen MR) is 79.6 cm³/mol. The van der Waals surface area contributed by atoms with Crippen molar-refractivity contribution >= 4 is 27.8 Å².